The number of hydrogen-bond acceptors (Lipinski definition) is 3. The number of ether oxygens (including phenoxy) is 1. The van der Waals surface area contributed by atoms with Crippen LogP contribution >= 0.6 is 23.4 Å². The van der Waals surface area contributed by atoms with Crippen LogP contribution in [0.4, 0.5) is 0 Å². The van der Waals surface area contributed by atoms with Crippen molar-refractivity contribution in [1.29, 1.82) is 0 Å². The fourth-order valence-corrected chi connectivity index (χ4v) is 2.47. The number of unbranched alkanes of at least 4 members (excludes halogenated alkanes) is 1. The van der Waals surface area contributed by atoms with E-state index in [1.165, 1.54) is 0 Å². The van der Waals surface area contributed by atoms with E-state index in [1.807, 2.05) is 35.9 Å². The minimum atomic E-state index is 0.186. The van der Waals surface area contributed by atoms with Crippen LogP contribution in [-0.4, -0.2) is 29.7 Å². The molecule has 102 valence electrons. The van der Waals surface area contributed by atoms with Crippen molar-refractivity contribution in [3.05, 3.63) is 40.9 Å². The van der Waals surface area contributed by atoms with E-state index in [0.29, 0.717) is 17.4 Å². The Morgan fingerprint density at radius 2 is 2.05 bits per heavy atom. The molecule has 1 heterocycles. The first-order valence-corrected chi connectivity index (χ1v) is 7.64. The maximum atomic E-state index is 11.5. The van der Waals surface area contributed by atoms with Crippen LogP contribution in [0, 0.1) is 0 Å². The summed E-state index contributed by atoms with van der Waals surface area (Å²) >= 11 is 7.34. The molecule has 0 saturated carbocycles. The standard InChI is InChI=1S/C14H16ClNO2S/c15-12-3-5-13(6-4-12)18-9-2-1-7-16-8-10-19-11-14(16)17/h3-6,8,10H,1-2,7,9,11H2. The van der Waals surface area contributed by atoms with Gasteiger partial charge in [-0.15, -0.1) is 11.8 Å². The number of rotatable bonds is 6. The second-order valence-corrected chi connectivity index (χ2v) is 5.52. The van der Waals surface area contributed by atoms with Gasteiger partial charge in [-0.3, -0.25) is 4.79 Å². The summed E-state index contributed by atoms with van der Waals surface area (Å²) in [6.45, 7) is 1.42. The lowest BCUT2D eigenvalue weighted by molar-refractivity contribution is -0.126. The van der Waals surface area contributed by atoms with Gasteiger partial charge < -0.3 is 9.64 Å². The molecule has 1 amide bonds. The summed E-state index contributed by atoms with van der Waals surface area (Å²) in [4.78, 5) is 13.3. The number of thioether (sulfide) groups is 1. The molecule has 1 aromatic carbocycles. The minimum Gasteiger partial charge on any atom is -0.494 e. The van der Waals surface area contributed by atoms with Gasteiger partial charge >= 0.3 is 0 Å². The van der Waals surface area contributed by atoms with Crippen LogP contribution in [0.15, 0.2) is 35.9 Å². The van der Waals surface area contributed by atoms with Crippen LogP contribution in [0.5, 0.6) is 5.75 Å². The summed E-state index contributed by atoms with van der Waals surface area (Å²) in [5, 5.41) is 2.67. The molecule has 0 N–H and O–H groups in total. The Kier molecular flexibility index (Phi) is 5.61. The van der Waals surface area contributed by atoms with E-state index in [0.717, 1.165) is 25.1 Å². The molecule has 0 aliphatic carbocycles. The number of amides is 1. The smallest absolute Gasteiger partial charge is 0.236 e. The summed E-state index contributed by atoms with van der Waals surface area (Å²) in [6, 6.07) is 7.34. The van der Waals surface area contributed by atoms with Crippen molar-refractivity contribution in [3.63, 3.8) is 0 Å². The van der Waals surface area contributed by atoms with E-state index >= 15 is 0 Å². The molecule has 1 aliphatic heterocycles. The molecule has 0 radical (unpaired) electrons. The quantitative estimate of drug-likeness (QED) is 0.752. The van der Waals surface area contributed by atoms with Crippen molar-refractivity contribution >= 4 is 29.3 Å². The number of benzene rings is 1. The van der Waals surface area contributed by atoms with Gasteiger partial charge in [-0.25, -0.2) is 0 Å². The van der Waals surface area contributed by atoms with Crippen LogP contribution in [0.3, 0.4) is 0 Å². The average Bonchev–Trinajstić information content (AvgIpc) is 2.42. The molecule has 0 unspecified atom stereocenters. The van der Waals surface area contributed by atoms with E-state index in [9.17, 15) is 4.79 Å². The van der Waals surface area contributed by atoms with Gasteiger partial charge in [0.2, 0.25) is 5.91 Å². The lowest BCUT2D eigenvalue weighted by Gasteiger charge is -2.20. The molecule has 0 fully saturated rings. The third-order valence-electron chi connectivity index (χ3n) is 2.74. The summed E-state index contributed by atoms with van der Waals surface area (Å²) in [5.41, 5.74) is 0. The zero-order chi connectivity index (χ0) is 13.5. The Bertz CT molecular complexity index is 447. The highest BCUT2D eigenvalue weighted by Gasteiger charge is 2.13. The molecule has 19 heavy (non-hydrogen) atoms. The normalized spacial score (nSPS) is 14.8. The highest BCUT2D eigenvalue weighted by molar-refractivity contribution is 8.02. The Labute approximate surface area is 122 Å². The van der Waals surface area contributed by atoms with Crippen molar-refractivity contribution in [1.82, 2.24) is 4.90 Å². The Balaban J connectivity index is 1.62. The van der Waals surface area contributed by atoms with E-state index in [4.69, 9.17) is 16.3 Å². The SMILES string of the molecule is O=C1CSC=CN1CCCCOc1ccc(Cl)cc1. The third-order valence-corrected chi connectivity index (χ3v) is 3.72. The van der Waals surface area contributed by atoms with Crippen molar-refractivity contribution in [2.24, 2.45) is 0 Å². The van der Waals surface area contributed by atoms with E-state index in [2.05, 4.69) is 0 Å². The van der Waals surface area contributed by atoms with Gasteiger partial charge in [0, 0.05) is 17.8 Å². The van der Waals surface area contributed by atoms with Crippen LogP contribution in [0.2, 0.25) is 5.02 Å². The second kappa shape index (κ2) is 7.46. The number of hydrogen-bond donors (Lipinski definition) is 0. The van der Waals surface area contributed by atoms with Gasteiger partial charge in [-0.05, 0) is 42.5 Å². The summed E-state index contributed by atoms with van der Waals surface area (Å²) in [7, 11) is 0. The van der Waals surface area contributed by atoms with Gasteiger partial charge in [0.05, 0.1) is 12.4 Å². The highest BCUT2D eigenvalue weighted by atomic mass is 35.5. The maximum absolute atomic E-state index is 11.5. The first-order valence-electron chi connectivity index (χ1n) is 6.22. The average molecular weight is 298 g/mol. The molecule has 0 saturated heterocycles. The summed E-state index contributed by atoms with van der Waals surface area (Å²) < 4.78 is 5.59. The van der Waals surface area contributed by atoms with Gasteiger partial charge in [-0.2, -0.15) is 0 Å². The largest absolute Gasteiger partial charge is 0.494 e. The molecule has 2 rings (SSSR count). The maximum Gasteiger partial charge on any atom is 0.236 e. The van der Waals surface area contributed by atoms with Crippen LogP contribution in [0.25, 0.3) is 0 Å². The predicted octanol–water partition coefficient (Wildman–Crippen LogP) is 3.55. The van der Waals surface area contributed by atoms with E-state index in [1.54, 1.807) is 16.7 Å². The molecule has 0 spiro atoms. The Morgan fingerprint density at radius 3 is 2.79 bits per heavy atom. The molecule has 1 aliphatic rings. The third kappa shape index (κ3) is 4.80. The van der Waals surface area contributed by atoms with Gasteiger partial charge in [-0.1, -0.05) is 11.6 Å². The molecular weight excluding hydrogens is 282 g/mol. The topological polar surface area (TPSA) is 29.5 Å². The van der Waals surface area contributed by atoms with Crippen molar-refractivity contribution < 1.29 is 9.53 Å². The lowest BCUT2D eigenvalue weighted by Crippen LogP contribution is -2.30. The highest BCUT2D eigenvalue weighted by Crippen LogP contribution is 2.16. The van der Waals surface area contributed by atoms with Crippen molar-refractivity contribution in [2.75, 3.05) is 18.9 Å². The molecule has 1 aromatic rings. The zero-order valence-corrected chi connectivity index (χ0v) is 12.1. The first-order chi connectivity index (χ1) is 9.25. The Morgan fingerprint density at radius 1 is 1.26 bits per heavy atom. The summed E-state index contributed by atoms with van der Waals surface area (Å²) in [5.74, 6) is 1.57. The first kappa shape index (κ1) is 14.3. The minimum absolute atomic E-state index is 0.186. The van der Waals surface area contributed by atoms with Crippen LogP contribution in [-0.2, 0) is 4.79 Å². The van der Waals surface area contributed by atoms with Crippen molar-refractivity contribution in [3.8, 4) is 5.75 Å². The van der Waals surface area contributed by atoms with Gasteiger partial charge in [0.15, 0.2) is 0 Å². The molecule has 0 atom stereocenters. The number of carbonyl (C=O) groups excluding carboxylic acids is 1. The molecular formula is C14H16ClNO2S. The molecule has 3 nitrogen and oxygen atoms in total. The van der Waals surface area contributed by atoms with Gasteiger partial charge in [0.1, 0.15) is 5.75 Å². The number of halogens is 1. The number of carbonyl (C=O) groups is 1. The summed E-state index contributed by atoms with van der Waals surface area (Å²) in [6.07, 6.45) is 3.72. The molecule has 0 bridgehead atoms. The fraction of sp³-hybridized carbons (Fsp3) is 0.357. The van der Waals surface area contributed by atoms with Crippen LogP contribution in [0.1, 0.15) is 12.8 Å². The van der Waals surface area contributed by atoms with E-state index < -0.39 is 0 Å². The lowest BCUT2D eigenvalue weighted by atomic mass is 10.3. The molecule has 5 heteroatoms. The van der Waals surface area contributed by atoms with Gasteiger partial charge in [0.25, 0.3) is 0 Å². The zero-order valence-electron chi connectivity index (χ0n) is 10.5. The number of nitrogens with zero attached hydrogens (tertiary/aromatic N) is 1. The second-order valence-electron chi connectivity index (χ2n) is 4.19. The Hall–Kier alpha value is -1.13. The fourth-order valence-electron chi connectivity index (χ4n) is 1.71. The predicted molar refractivity (Wildman–Crippen MR) is 79.5 cm³/mol. The van der Waals surface area contributed by atoms with Crippen molar-refractivity contribution in [2.45, 2.75) is 12.8 Å². The van der Waals surface area contributed by atoms with E-state index in [-0.39, 0.29) is 5.91 Å². The van der Waals surface area contributed by atoms with Crippen LogP contribution < -0.4 is 4.74 Å². The molecule has 0 aromatic heterocycles. The monoisotopic (exact) mass is 297 g/mol.